The quantitative estimate of drug-likeness (QED) is 0.919. The summed E-state index contributed by atoms with van der Waals surface area (Å²) in [6.45, 7) is 0.422. The number of aromatic nitrogens is 1. The lowest BCUT2D eigenvalue weighted by molar-refractivity contribution is -0.136. The SMILES string of the molecule is O=C(O)Cc1ccc(COc2cncc(Br)c2)cc1. The molecule has 5 heteroatoms. The van der Waals surface area contributed by atoms with Gasteiger partial charge in [0.15, 0.2) is 0 Å². The fraction of sp³-hybridized carbons (Fsp3) is 0.143. The summed E-state index contributed by atoms with van der Waals surface area (Å²) in [5, 5.41) is 8.68. The molecule has 1 heterocycles. The maximum Gasteiger partial charge on any atom is 0.307 e. The Balaban J connectivity index is 1.94. The van der Waals surface area contributed by atoms with Crippen LogP contribution in [-0.2, 0) is 17.8 Å². The summed E-state index contributed by atoms with van der Waals surface area (Å²) >= 11 is 3.32. The zero-order valence-electron chi connectivity index (χ0n) is 10.0. The minimum Gasteiger partial charge on any atom is -0.487 e. The summed E-state index contributed by atoms with van der Waals surface area (Å²) in [6, 6.07) is 9.16. The third-order valence-electron chi connectivity index (χ3n) is 2.46. The molecule has 1 N–H and O–H groups in total. The number of carboxylic acids is 1. The maximum atomic E-state index is 10.6. The number of halogens is 1. The molecule has 2 aromatic rings. The number of hydrogen-bond donors (Lipinski definition) is 1. The van der Waals surface area contributed by atoms with Crippen LogP contribution >= 0.6 is 15.9 Å². The number of rotatable bonds is 5. The molecule has 0 amide bonds. The molecular formula is C14H12BrNO3. The van der Waals surface area contributed by atoms with E-state index in [4.69, 9.17) is 9.84 Å². The second-order valence-corrected chi connectivity index (χ2v) is 4.93. The Morgan fingerprint density at radius 3 is 2.53 bits per heavy atom. The van der Waals surface area contributed by atoms with Crippen molar-refractivity contribution in [1.29, 1.82) is 0 Å². The van der Waals surface area contributed by atoms with Gasteiger partial charge >= 0.3 is 5.97 Å². The minimum absolute atomic E-state index is 0.0384. The molecule has 98 valence electrons. The molecule has 2 rings (SSSR count). The normalized spacial score (nSPS) is 10.2. The number of ether oxygens (including phenoxy) is 1. The highest BCUT2D eigenvalue weighted by atomic mass is 79.9. The average molecular weight is 322 g/mol. The van der Waals surface area contributed by atoms with E-state index >= 15 is 0 Å². The lowest BCUT2D eigenvalue weighted by Gasteiger charge is -2.06. The number of carboxylic acid groups (broad SMARTS) is 1. The first-order chi connectivity index (χ1) is 9.13. The molecule has 0 bridgehead atoms. The second-order valence-electron chi connectivity index (χ2n) is 4.01. The minimum atomic E-state index is -0.829. The van der Waals surface area contributed by atoms with E-state index in [1.165, 1.54) is 0 Å². The van der Waals surface area contributed by atoms with Crippen molar-refractivity contribution in [2.45, 2.75) is 13.0 Å². The highest BCUT2D eigenvalue weighted by Crippen LogP contribution is 2.17. The number of benzene rings is 1. The van der Waals surface area contributed by atoms with Gasteiger partial charge in [0.1, 0.15) is 12.4 Å². The van der Waals surface area contributed by atoms with E-state index in [9.17, 15) is 4.79 Å². The van der Waals surface area contributed by atoms with Crippen molar-refractivity contribution in [2.24, 2.45) is 0 Å². The summed E-state index contributed by atoms with van der Waals surface area (Å²) in [5.74, 6) is -0.145. The van der Waals surface area contributed by atoms with Gasteiger partial charge in [-0.3, -0.25) is 9.78 Å². The molecule has 0 saturated carbocycles. The molecule has 0 spiro atoms. The standard InChI is InChI=1S/C14H12BrNO3/c15-12-6-13(8-16-7-12)19-9-11-3-1-10(2-4-11)5-14(17)18/h1-4,6-8H,5,9H2,(H,17,18). The van der Waals surface area contributed by atoms with Gasteiger partial charge in [0.05, 0.1) is 12.6 Å². The summed E-state index contributed by atoms with van der Waals surface area (Å²) in [6.07, 6.45) is 3.37. The van der Waals surface area contributed by atoms with Crippen LogP contribution in [0.4, 0.5) is 0 Å². The smallest absolute Gasteiger partial charge is 0.307 e. The molecule has 0 saturated heterocycles. The van der Waals surface area contributed by atoms with E-state index in [1.54, 1.807) is 24.5 Å². The summed E-state index contributed by atoms with van der Waals surface area (Å²) < 4.78 is 6.45. The average Bonchev–Trinajstić information content (AvgIpc) is 2.37. The molecule has 19 heavy (non-hydrogen) atoms. The van der Waals surface area contributed by atoms with Crippen LogP contribution in [0.5, 0.6) is 5.75 Å². The molecule has 1 aromatic heterocycles. The van der Waals surface area contributed by atoms with Gasteiger partial charge in [-0.25, -0.2) is 0 Å². The van der Waals surface area contributed by atoms with Crippen molar-refractivity contribution < 1.29 is 14.6 Å². The largest absolute Gasteiger partial charge is 0.487 e. The highest BCUT2D eigenvalue weighted by molar-refractivity contribution is 9.10. The van der Waals surface area contributed by atoms with Gasteiger partial charge in [0, 0.05) is 10.7 Å². The molecule has 1 aromatic carbocycles. The topological polar surface area (TPSA) is 59.4 Å². The van der Waals surface area contributed by atoms with Crippen LogP contribution in [0.25, 0.3) is 0 Å². The highest BCUT2D eigenvalue weighted by Gasteiger charge is 2.01. The second kappa shape index (κ2) is 6.33. The first-order valence-electron chi connectivity index (χ1n) is 5.66. The Labute approximate surface area is 119 Å². The lowest BCUT2D eigenvalue weighted by Crippen LogP contribution is -2.01. The van der Waals surface area contributed by atoms with Crippen LogP contribution in [0, 0.1) is 0 Å². The van der Waals surface area contributed by atoms with Crippen LogP contribution in [0.15, 0.2) is 47.2 Å². The first kappa shape index (κ1) is 13.5. The summed E-state index contributed by atoms with van der Waals surface area (Å²) in [4.78, 5) is 14.6. The Bertz CT molecular complexity index is 569. The zero-order valence-corrected chi connectivity index (χ0v) is 11.6. The van der Waals surface area contributed by atoms with E-state index in [0.29, 0.717) is 12.4 Å². The van der Waals surface area contributed by atoms with Crippen LogP contribution in [0.1, 0.15) is 11.1 Å². The Morgan fingerprint density at radius 2 is 1.89 bits per heavy atom. The molecule has 0 aliphatic rings. The number of carbonyl (C=O) groups is 1. The third kappa shape index (κ3) is 4.37. The lowest BCUT2D eigenvalue weighted by atomic mass is 10.1. The van der Waals surface area contributed by atoms with Gasteiger partial charge in [0.2, 0.25) is 0 Å². The van der Waals surface area contributed by atoms with Crippen LogP contribution in [0.3, 0.4) is 0 Å². The van der Waals surface area contributed by atoms with Gasteiger partial charge in [-0.2, -0.15) is 0 Å². The summed E-state index contributed by atoms with van der Waals surface area (Å²) in [5.41, 5.74) is 1.76. The van der Waals surface area contributed by atoms with Gasteiger partial charge < -0.3 is 9.84 Å². The predicted octanol–water partition coefficient (Wildman–Crippen LogP) is 3.05. The van der Waals surface area contributed by atoms with Crippen LogP contribution in [0.2, 0.25) is 0 Å². The van der Waals surface area contributed by atoms with Crippen molar-refractivity contribution in [3.05, 3.63) is 58.3 Å². The van der Waals surface area contributed by atoms with Gasteiger partial charge in [-0.1, -0.05) is 24.3 Å². The first-order valence-corrected chi connectivity index (χ1v) is 6.46. The van der Waals surface area contributed by atoms with Gasteiger partial charge in [0.25, 0.3) is 0 Å². The van der Waals surface area contributed by atoms with Crippen molar-refractivity contribution in [3.8, 4) is 5.75 Å². The number of hydrogen-bond acceptors (Lipinski definition) is 3. The molecule has 0 unspecified atom stereocenters. The monoisotopic (exact) mass is 321 g/mol. The molecule has 0 atom stereocenters. The number of nitrogens with zero attached hydrogens (tertiary/aromatic N) is 1. The zero-order chi connectivity index (χ0) is 13.7. The molecule has 0 aliphatic carbocycles. The van der Waals surface area contributed by atoms with E-state index in [-0.39, 0.29) is 6.42 Å². The number of aliphatic carboxylic acids is 1. The van der Waals surface area contributed by atoms with E-state index in [0.717, 1.165) is 15.6 Å². The van der Waals surface area contributed by atoms with Crippen molar-refractivity contribution in [2.75, 3.05) is 0 Å². The van der Waals surface area contributed by atoms with E-state index in [1.807, 2.05) is 18.2 Å². The van der Waals surface area contributed by atoms with Gasteiger partial charge in [-0.05, 0) is 33.1 Å². The Kier molecular flexibility index (Phi) is 4.52. The number of pyridine rings is 1. The Morgan fingerprint density at radius 1 is 1.21 bits per heavy atom. The van der Waals surface area contributed by atoms with Crippen LogP contribution < -0.4 is 4.74 Å². The molecule has 0 aliphatic heterocycles. The molecule has 4 nitrogen and oxygen atoms in total. The molecule has 0 fully saturated rings. The third-order valence-corrected chi connectivity index (χ3v) is 2.90. The van der Waals surface area contributed by atoms with E-state index < -0.39 is 5.97 Å². The maximum absolute atomic E-state index is 10.6. The summed E-state index contributed by atoms with van der Waals surface area (Å²) in [7, 11) is 0. The Hall–Kier alpha value is -1.88. The fourth-order valence-electron chi connectivity index (χ4n) is 1.57. The molecule has 0 radical (unpaired) electrons. The fourth-order valence-corrected chi connectivity index (χ4v) is 1.91. The molecular weight excluding hydrogens is 310 g/mol. The van der Waals surface area contributed by atoms with Crippen molar-refractivity contribution >= 4 is 21.9 Å². The van der Waals surface area contributed by atoms with E-state index in [2.05, 4.69) is 20.9 Å². The van der Waals surface area contributed by atoms with Crippen molar-refractivity contribution in [3.63, 3.8) is 0 Å². The predicted molar refractivity (Wildman–Crippen MR) is 74.1 cm³/mol. The van der Waals surface area contributed by atoms with Crippen molar-refractivity contribution in [1.82, 2.24) is 4.98 Å². The van der Waals surface area contributed by atoms with Crippen LogP contribution in [-0.4, -0.2) is 16.1 Å². The van der Waals surface area contributed by atoms with Gasteiger partial charge in [-0.15, -0.1) is 0 Å².